The number of rotatable bonds is 9. The first-order chi connectivity index (χ1) is 17.4. The van der Waals surface area contributed by atoms with Crippen molar-refractivity contribution in [2.75, 3.05) is 23.9 Å². The number of hydrogen-bond donors (Lipinski definition) is 1. The number of benzene rings is 3. The maximum absolute atomic E-state index is 13.6. The molecular weight excluding hydrogens is 498 g/mol. The Morgan fingerprint density at radius 3 is 2.33 bits per heavy atom. The number of ether oxygens (including phenoxy) is 2. The lowest BCUT2D eigenvalue weighted by molar-refractivity contribution is -0.124. The zero-order chi connectivity index (χ0) is 25.7. The Hall–Kier alpha value is -3.62. The second-order valence-corrected chi connectivity index (χ2v) is 8.87. The lowest BCUT2D eigenvalue weighted by Gasteiger charge is -2.24. The summed E-state index contributed by atoms with van der Waals surface area (Å²) in [6.45, 7) is 2.75. The monoisotopic (exact) mass is 523 g/mol. The number of amides is 2. The van der Waals surface area contributed by atoms with Crippen molar-refractivity contribution >= 4 is 52.1 Å². The number of nitrogens with one attached hydrogen (secondary N) is 1. The number of carbonyl (C=O) groups excluding carboxylic acids is 2. The van der Waals surface area contributed by atoms with E-state index in [0.29, 0.717) is 39.6 Å². The highest BCUT2D eigenvalue weighted by atomic mass is 35.5. The van der Waals surface area contributed by atoms with E-state index >= 15 is 0 Å². The number of anilines is 2. The second kappa shape index (κ2) is 11.4. The number of methoxy groups -OCH3 is 1. The molecule has 4 rings (SSSR count). The number of hydrogen-bond acceptors (Lipinski definition) is 5. The van der Waals surface area contributed by atoms with Gasteiger partial charge in [-0.25, -0.2) is 0 Å². The van der Waals surface area contributed by atoms with Gasteiger partial charge in [-0.15, -0.1) is 0 Å². The molecule has 0 radical (unpaired) electrons. The van der Waals surface area contributed by atoms with Crippen molar-refractivity contribution in [1.29, 1.82) is 0 Å². The molecule has 0 saturated carbocycles. The fourth-order valence-corrected chi connectivity index (χ4v) is 4.56. The molecule has 2 amide bonds. The summed E-state index contributed by atoms with van der Waals surface area (Å²) in [5.41, 5.74) is 2.02. The molecule has 3 aromatic carbocycles. The Kier molecular flexibility index (Phi) is 8.07. The molecular formula is C27H26ClN3O4S. The molecule has 1 N–H and O–H groups in total. The zero-order valence-electron chi connectivity index (χ0n) is 19.9. The smallest absolute Gasteiger partial charge is 0.256 e. The van der Waals surface area contributed by atoms with Crippen LogP contribution >= 0.6 is 23.8 Å². The lowest BCUT2D eigenvalue weighted by atomic mass is 10.1. The van der Waals surface area contributed by atoms with Gasteiger partial charge in [0, 0.05) is 17.3 Å². The van der Waals surface area contributed by atoms with Crippen LogP contribution in [-0.4, -0.2) is 41.6 Å². The van der Waals surface area contributed by atoms with E-state index in [-0.39, 0.29) is 24.8 Å². The SMILES string of the molecule is CCOc1ccc(NC(=O)C[C@H]2C(=O)N(c3ccc(OC)cc3)C(=S)N2Cc2ccccc2Cl)cc1. The van der Waals surface area contributed by atoms with Crippen molar-refractivity contribution in [3.05, 3.63) is 83.4 Å². The van der Waals surface area contributed by atoms with Crippen LogP contribution in [-0.2, 0) is 16.1 Å². The third-order valence-electron chi connectivity index (χ3n) is 5.78. The Labute approximate surface area is 220 Å². The number of thiocarbonyl (C=S) groups is 1. The number of halogens is 1. The van der Waals surface area contributed by atoms with Gasteiger partial charge in [0.2, 0.25) is 5.91 Å². The highest BCUT2D eigenvalue weighted by Crippen LogP contribution is 2.31. The quantitative estimate of drug-likeness (QED) is 0.385. The highest BCUT2D eigenvalue weighted by molar-refractivity contribution is 7.80. The fraction of sp³-hybridized carbons (Fsp3) is 0.222. The second-order valence-electron chi connectivity index (χ2n) is 8.10. The summed E-state index contributed by atoms with van der Waals surface area (Å²) >= 11 is 12.1. The number of carbonyl (C=O) groups is 2. The molecule has 7 nitrogen and oxygen atoms in total. The van der Waals surface area contributed by atoms with Gasteiger partial charge in [-0.3, -0.25) is 14.5 Å². The highest BCUT2D eigenvalue weighted by Gasteiger charge is 2.44. The summed E-state index contributed by atoms with van der Waals surface area (Å²) in [4.78, 5) is 29.8. The van der Waals surface area contributed by atoms with Crippen molar-refractivity contribution in [3.63, 3.8) is 0 Å². The molecule has 0 aromatic heterocycles. The van der Waals surface area contributed by atoms with Crippen LogP contribution in [0, 0.1) is 0 Å². The van der Waals surface area contributed by atoms with Gasteiger partial charge in [-0.1, -0.05) is 29.8 Å². The van der Waals surface area contributed by atoms with Crippen molar-refractivity contribution in [1.82, 2.24) is 4.90 Å². The molecule has 0 spiro atoms. The maximum atomic E-state index is 13.6. The molecule has 0 aliphatic carbocycles. The summed E-state index contributed by atoms with van der Waals surface area (Å²) in [5.74, 6) is 0.795. The fourth-order valence-electron chi connectivity index (χ4n) is 3.98. The first-order valence-corrected chi connectivity index (χ1v) is 12.2. The molecule has 1 aliphatic rings. The van der Waals surface area contributed by atoms with Gasteiger partial charge in [0.1, 0.15) is 17.5 Å². The number of nitrogens with zero attached hydrogens (tertiary/aromatic N) is 2. The van der Waals surface area contributed by atoms with Crippen molar-refractivity contribution in [2.24, 2.45) is 0 Å². The van der Waals surface area contributed by atoms with Gasteiger partial charge < -0.3 is 19.7 Å². The minimum atomic E-state index is -0.793. The van der Waals surface area contributed by atoms with Crippen LogP contribution in [0.2, 0.25) is 5.02 Å². The van der Waals surface area contributed by atoms with Crippen LogP contribution in [0.1, 0.15) is 18.9 Å². The molecule has 3 aromatic rings. The van der Waals surface area contributed by atoms with E-state index in [1.54, 1.807) is 66.6 Å². The molecule has 36 heavy (non-hydrogen) atoms. The van der Waals surface area contributed by atoms with E-state index in [4.69, 9.17) is 33.3 Å². The van der Waals surface area contributed by atoms with Gasteiger partial charge in [0.15, 0.2) is 5.11 Å². The average Bonchev–Trinajstić information content (AvgIpc) is 3.10. The standard InChI is InChI=1S/C27H26ClN3O4S/c1-3-35-22-12-8-19(9-13-22)29-25(32)16-24-26(33)31(20-10-14-21(34-2)15-11-20)27(36)30(24)17-18-6-4-5-7-23(18)28/h4-15,24H,3,16-17H2,1-2H3,(H,29,32)/t24-/m0/s1. The molecule has 1 heterocycles. The van der Waals surface area contributed by atoms with Crippen LogP contribution in [0.4, 0.5) is 11.4 Å². The van der Waals surface area contributed by atoms with Gasteiger partial charge in [0.05, 0.1) is 25.8 Å². The minimum absolute atomic E-state index is 0.0801. The largest absolute Gasteiger partial charge is 0.497 e. The molecule has 9 heteroatoms. The molecule has 0 unspecified atom stereocenters. The molecule has 1 fully saturated rings. The van der Waals surface area contributed by atoms with Crippen molar-refractivity contribution in [2.45, 2.75) is 25.9 Å². The van der Waals surface area contributed by atoms with E-state index in [1.165, 1.54) is 4.90 Å². The predicted molar refractivity (Wildman–Crippen MR) is 145 cm³/mol. The summed E-state index contributed by atoms with van der Waals surface area (Å²) in [6, 6.07) is 20.7. The van der Waals surface area contributed by atoms with Gasteiger partial charge in [0.25, 0.3) is 5.91 Å². The lowest BCUT2D eigenvalue weighted by Crippen LogP contribution is -2.37. The average molecular weight is 524 g/mol. The van der Waals surface area contributed by atoms with Crippen LogP contribution < -0.4 is 19.7 Å². The summed E-state index contributed by atoms with van der Waals surface area (Å²) in [5, 5.41) is 3.73. The van der Waals surface area contributed by atoms with Crippen LogP contribution in [0.15, 0.2) is 72.8 Å². The van der Waals surface area contributed by atoms with Crippen LogP contribution in [0.3, 0.4) is 0 Å². The predicted octanol–water partition coefficient (Wildman–Crippen LogP) is 5.28. The molecule has 1 aliphatic heterocycles. The zero-order valence-corrected chi connectivity index (χ0v) is 21.5. The van der Waals surface area contributed by atoms with Crippen molar-refractivity contribution in [3.8, 4) is 11.5 Å². The summed E-state index contributed by atoms with van der Waals surface area (Å²) in [7, 11) is 1.57. The van der Waals surface area contributed by atoms with Gasteiger partial charge in [-0.05, 0) is 79.3 Å². The summed E-state index contributed by atoms with van der Waals surface area (Å²) < 4.78 is 10.7. The molecule has 0 bridgehead atoms. The van der Waals surface area contributed by atoms with E-state index in [9.17, 15) is 9.59 Å². The molecule has 1 saturated heterocycles. The Morgan fingerprint density at radius 1 is 1.03 bits per heavy atom. The van der Waals surface area contributed by atoms with E-state index in [1.807, 2.05) is 25.1 Å². The van der Waals surface area contributed by atoms with Crippen molar-refractivity contribution < 1.29 is 19.1 Å². The van der Waals surface area contributed by atoms with Gasteiger partial charge in [-0.2, -0.15) is 0 Å². The van der Waals surface area contributed by atoms with E-state index in [2.05, 4.69) is 5.32 Å². The first-order valence-electron chi connectivity index (χ1n) is 11.5. The Balaban J connectivity index is 1.57. The molecule has 1 atom stereocenters. The minimum Gasteiger partial charge on any atom is -0.497 e. The Bertz CT molecular complexity index is 1250. The van der Waals surface area contributed by atoms with Crippen LogP contribution in [0.25, 0.3) is 0 Å². The first kappa shape index (κ1) is 25.5. The third-order valence-corrected chi connectivity index (χ3v) is 6.56. The van der Waals surface area contributed by atoms with Crippen LogP contribution in [0.5, 0.6) is 11.5 Å². The normalized spacial score (nSPS) is 15.2. The molecule has 186 valence electrons. The third kappa shape index (κ3) is 5.61. The van der Waals surface area contributed by atoms with Gasteiger partial charge >= 0.3 is 0 Å². The topological polar surface area (TPSA) is 71.1 Å². The summed E-state index contributed by atoms with van der Waals surface area (Å²) in [6.07, 6.45) is -0.0801. The Morgan fingerprint density at radius 2 is 1.69 bits per heavy atom. The maximum Gasteiger partial charge on any atom is 0.256 e. The van der Waals surface area contributed by atoms with E-state index in [0.717, 1.165) is 5.56 Å². The van der Waals surface area contributed by atoms with E-state index < -0.39 is 6.04 Å².